The Balaban J connectivity index is 2.99. The van der Waals surface area contributed by atoms with Gasteiger partial charge in [0.1, 0.15) is 5.75 Å². The molecule has 4 nitrogen and oxygen atoms in total. The molecule has 0 aromatic heterocycles. The minimum atomic E-state index is 0.00260. The second-order valence-electron chi connectivity index (χ2n) is 3.79. The fraction of sp³-hybridized carbons (Fsp3) is 0.429. The van der Waals surface area contributed by atoms with Crippen LogP contribution in [0.1, 0.15) is 12.5 Å². The predicted octanol–water partition coefficient (Wildman–Crippen LogP) is 1.82. The van der Waals surface area contributed by atoms with Gasteiger partial charge in [0.2, 0.25) is 0 Å². The van der Waals surface area contributed by atoms with E-state index < -0.39 is 0 Å². The fourth-order valence-electron chi connectivity index (χ4n) is 1.55. The van der Waals surface area contributed by atoms with Crippen molar-refractivity contribution in [2.24, 2.45) is 0 Å². The quantitative estimate of drug-likeness (QED) is 0.781. The van der Waals surface area contributed by atoms with Crippen molar-refractivity contribution >= 4 is 0 Å². The molecule has 4 heteroatoms. The standard InChI is InChI=1S/C14H19NO3/c1-6-10(2)15-9-11-7-13(17-4)14(18-5)8-12(11)16-3/h1,7-8,10,15H,9H2,2-5H3. The summed E-state index contributed by atoms with van der Waals surface area (Å²) in [7, 11) is 4.82. The maximum Gasteiger partial charge on any atom is 0.164 e. The fourth-order valence-corrected chi connectivity index (χ4v) is 1.55. The Kier molecular flexibility index (Phi) is 5.34. The SMILES string of the molecule is C#CC(C)NCc1cc(OC)c(OC)cc1OC. The first kappa shape index (κ1) is 14.2. The van der Waals surface area contributed by atoms with Gasteiger partial charge in [0.05, 0.1) is 27.4 Å². The van der Waals surface area contributed by atoms with Crippen molar-refractivity contribution in [3.8, 4) is 29.6 Å². The molecule has 0 radical (unpaired) electrons. The Hall–Kier alpha value is -1.86. The molecule has 98 valence electrons. The summed E-state index contributed by atoms with van der Waals surface area (Å²) in [5, 5.41) is 3.20. The van der Waals surface area contributed by atoms with Crippen LogP contribution < -0.4 is 19.5 Å². The van der Waals surface area contributed by atoms with E-state index in [1.807, 2.05) is 13.0 Å². The van der Waals surface area contributed by atoms with E-state index in [0.29, 0.717) is 18.0 Å². The van der Waals surface area contributed by atoms with Crippen LogP contribution >= 0.6 is 0 Å². The zero-order valence-electron chi connectivity index (χ0n) is 11.2. The van der Waals surface area contributed by atoms with Crippen molar-refractivity contribution in [3.63, 3.8) is 0 Å². The highest BCUT2D eigenvalue weighted by atomic mass is 16.5. The van der Waals surface area contributed by atoms with Gasteiger partial charge in [-0.25, -0.2) is 0 Å². The third kappa shape index (κ3) is 3.31. The molecular weight excluding hydrogens is 230 g/mol. The van der Waals surface area contributed by atoms with Crippen LogP contribution in [0.5, 0.6) is 17.2 Å². The molecule has 1 aromatic carbocycles. The van der Waals surface area contributed by atoms with Gasteiger partial charge in [-0.2, -0.15) is 0 Å². The molecule has 0 bridgehead atoms. The van der Waals surface area contributed by atoms with Gasteiger partial charge in [0.25, 0.3) is 0 Å². The second kappa shape index (κ2) is 6.77. The number of methoxy groups -OCH3 is 3. The summed E-state index contributed by atoms with van der Waals surface area (Å²) < 4.78 is 15.8. The van der Waals surface area contributed by atoms with E-state index in [-0.39, 0.29) is 6.04 Å². The molecule has 0 amide bonds. The normalized spacial score (nSPS) is 11.5. The van der Waals surface area contributed by atoms with Crippen molar-refractivity contribution in [1.82, 2.24) is 5.32 Å². The van der Waals surface area contributed by atoms with E-state index in [1.54, 1.807) is 27.4 Å². The number of benzene rings is 1. The smallest absolute Gasteiger partial charge is 0.164 e. The minimum Gasteiger partial charge on any atom is -0.496 e. The third-order valence-corrected chi connectivity index (χ3v) is 2.64. The molecule has 0 spiro atoms. The van der Waals surface area contributed by atoms with E-state index in [4.69, 9.17) is 20.6 Å². The molecule has 0 saturated heterocycles. The molecule has 0 aliphatic heterocycles. The van der Waals surface area contributed by atoms with Crippen molar-refractivity contribution < 1.29 is 14.2 Å². The Morgan fingerprint density at radius 2 is 1.67 bits per heavy atom. The van der Waals surface area contributed by atoms with Crippen LogP contribution in [0, 0.1) is 12.3 Å². The van der Waals surface area contributed by atoms with Crippen LogP contribution in [0.15, 0.2) is 12.1 Å². The molecule has 0 aliphatic carbocycles. The molecule has 0 saturated carbocycles. The third-order valence-electron chi connectivity index (χ3n) is 2.64. The van der Waals surface area contributed by atoms with Crippen LogP contribution in [-0.2, 0) is 6.54 Å². The largest absolute Gasteiger partial charge is 0.496 e. The lowest BCUT2D eigenvalue weighted by atomic mass is 10.1. The number of rotatable bonds is 6. The zero-order chi connectivity index (χ0) is 13.5. The van der Waals surface area contributed by atoms with Gasteiger partial charge in [-0.1, -0.05) is 5.92 Å². The average Bonchev–Trinajstić information content (AvgIpc) is 2.43. The highest BCUT2D eigenvalue weighted by Crippen LogP contribution is 2.34. The summed E-state index contributed by atoms with van der Waals surface area (Å²) in [6, 6.07) is 3.69. The maximum atomic E-state index is 5.33. The van der Waals surface area contributed by atoms with E-state index in [2.05, 4.69) is 11.2 Å². The molecular formula is C14H19NO3. The summed E-state index contributed by atoms with van der Waals surface area (Å²) in [4.78, 5) is 0. The molecule has 18 heavy (non-hydrogen) atoms. The molecule has 0 aliphatic rings. The number of terminal acetylenes is 1. The molecule has 1 atom stereocenters. The molecule has 0 heterocycles. The second-order valence-corrected chi connectivity index (χ2v) is 3.79. The highest BCUT2D eigenvalue weighted by Gasteiger charge is 2.11. The lowest BCUT2D eigenvalue weighted by molar-refractivity contribution is 0.347. The van der Waals surface area contributed by atoms with E-state index in [0.717, 1.165) is 11.3 Å². The van der Waals surface area contributed by atoms with Gasteiger partial charge < -0.3 is 14.2 Å². The summed E-state index contributed by atoms with van der Waals surface area (Å²) >= 11 is 0. The summed E-state index contributed by atoms with van der Waals surface area (Å²) in [6.45, 7) is 2.53. The predicted molar refractivity (Wildman–Crippen MR) is 71.2 cm³/mol. The van der Waals surface area contributed by atoms with Gasteiger partial charge in [0, 0.05) is 18.2 Å². The van der Waals surface area contributed by atoms with Gasteiger partial charge >= 0.3 is 0 Å². The van der Waals surface area contributed by atoms with Gasteiger partial charge in [-0.15, -0.1) is 6.42 Å². The van der Waals surface area contributed by atoms with Crippen molar-refractivity contribution in [2.45, 2.75) is 19.5 Å². The topological polar surface area (TPSA) is 39.7 Å². The molecule has 1 N–H and O–H groups in total. The minimum absolute atomic E-state index is 0.00260. The van der Waals surface area contributed by atoms with Crippen LogP contribution in [0.2, 0.25) is 0 Å². The van der Waals surface area contributed by atoms with Crippen LogP contribution in [0.25, 0.3) is 0 Å². The average molecular weight is 249 g/mol. The van der Waals surface area contributed by atoms with Crippen LogP contribution in [0.3, 0.4) is 0 Å². The number of hydrogen-bond donors (Lipinski definition) is 1. The molecule has 1 unspecified atom stereocenters. The molecule has 1 rings (SSSR count). The Morgan fingerprint density at radius 1 is 1.11 bits per heavy atom. The number of nitrogens with one attached hydrogen (secondary N) is 1. The summed E-state index contributed by atoms with van der Waals surface area (Å²) in [5.74, 6) is 4.67. The number of ether oxygens (including phenoxy) is 3. The maximum absolute atomic E-state index is 5.33. The zero-order valence-corrected chi connectivity index (χ0v) is 11.2. The summed E-state index contributed by atoms with van der Waals surface area (Å²) in [5.41, 5.74) is 0.970. The van der Waals surface area contributed by atoms with Gasteiger partial charge in [-0.05, 0) is 13.0 Å². The first-order valence-corrected chi connectivity index (χ1v) is 5.64. The van der Waals surface area contributed by atoms with Crippen molar-refractivity contribution in [3.05, 3.63) is 17.7 Å². The van der Waals surface area contributed by atoms with E-state index in [1.165, 1.54) is 0 Å². The number of hydrogen-bond acceptors (Lipinski definition) is 4. The van der Waals surface area contributed by atoms with Crippen LogP contribution in [0.4, 0.5) is 0 Å². The first-order chi connectivity index (χ1) is 8.65. The van der Waals surface area contributed by atoms with E-state index >= 15 is 0 Å². The van der Waals surface area contributed by atoms with Crippen molar-refractivity contribution in [1.29, 1.82) is 0 Å². The Bertz CT molecular complexity index is 437. The lowest BCUT2D eigenvalue weighted by Crippen LogP contribution is -2.23. The van der Waals surface area contributed by atoms with Gasteiger partial charge in [0.15, 0.2) is 11.5 Å². The Morgan fingerprint density at radius 3 is 2.17 bits per heavy atom. The molecule has 1 aromatic rings. The van der Waals surface area contributed by atoms with Crippen molar-refractivity contribution in [2.75, 3.05) is 21.3 Å². The van der Waals surface area contributed by atoms with Crippen LogP contribution in [-0.4, -0.2) is 27.4 Å². The first-order valence-electron chi connectivity index (χ1n) is 5.64. The Labute approximate surface area is 108 Å². The summed E-state index contributed by atoms with van der Waals surface area (Å²) in [6.07, 6.45) is 5.32. The molecule has 0 fully saturated rings. The van der Waals surface area contributed by atoms with Gasteiger partial charge in [-0.3, -0.25) is 5.32 Å². The highest BCUT2D eigenvalue weighted by molar-refractivity contribution is 5.50. The monoisotopic (exact) mass is 249 g/mol. The van der Waals surface area contributed by atoms with E-state index in [9.17, 15) is 0 Å². The lowest BCUT2D eigenvalue weighted by Gasteiger charge is -2.15.